The Bertz CT molecular complexity index is 149. The minimum Gasteiger partial charge on any atom is -0.394 e. The molecule has 0 spiro atoms. The fourth-order valence-corrected chi connectivity index (χ4v) is 1.41. The van der Waals surface area contributed by atoms with Gasteiger partial charge in [-0.2, -0.15) is 0 Å². The Labute approximate surface area is 70.9 Å². The Kier molecular flexibility index (Phi) is 2.44. The predicted octanol–water partition coefficient (Wildman–Crippen LogP) is 0.124. The van der Waals surface area contributed by atoms with E-state index in [1.165, 1.54) is 0 Å². The van der Waals surface area contributed by atoms with Crippen LogP contribution in [0.15, 0.2) is 0 Å². The van der Waals surface area contributed by atoms with E-state index in [2.05, 4.69) is 0 Å². The van der Waals surface area contributed by atoms with Crippen molar-refractivity contribution in [3.05, 3.63) is 0 Å². The zero-order chi connectivity index (χ0) is 8.65. The normalized spacial score (nSPS) is 51.5. The van der Waals surface area contributed by atoms with Gasteiger partial charge in [0.15, 0.2) is 0 Å². The first-order valence-corrected chi connectivity index (χ1v) is 4.01. The fraction of sp³-hybridized carbons (Fsp3) is 1.00. The van der Waals surface area contributed by atoms with Gasteiger partial charge in [0.05, 0.1) is 17.6 Å². The summed E-state index contributed by atoms with van der Waals surface area (Å²) in [4.78, 5) is -0.770. The third kappa shape index (κ3) is 1.38. The molecule has 11 heavy (non-hydrogen) atoms. The summed E-state index contributed by atoms with van der Waals surface area (Å²) in [6.07, 6.45) is -1.55. The van der Waals surface area contributed by atoms with Crippen molar-refractivity contribution in [2.75, 3.05) is 6.61 Å². The molecule has 1 aliphatic heterocycles. The minimum absolute atomic E-state index is 0.187. The topological polar surface area (TPSA) is 49.7 Å². The van der Waals surface area contributed by atoms with Crippen LogP contribution in [-0.4, -0.2) is 40.0 Å². The molecule has 0 unspecified atom stereocenters. The number of halogens is 1. The highest BCUT2D eigenvalue weighted by Crippen LogP contribution is 2.35. The number of aliphatic hydroxyl groups is 2. The lowest BCUT2D eigenvalue weighted by Crippen LogP contribution is -2.39. The maximum atomic E-state index is 9.47. The van der Waals surface area contributed by atoms with Crippen molar-refractivity contribution in [1.29, 1.82) is 0 Å². The van der Waals surface area contributed by atoms with Crippen molar-refractivity contribution in [3.63, 3.8) is 0 Å². The molecule has 0 bridgehead atoms. The quantitative estimate of drug-likeness (QED) is 0.564. The van der Waals surface area contributed by atoms with Crippen molar-refractivity contribution in [2.24, 2.45) is 0 Å². The van der Waals surface area contributed by atoms with Crippen LogP contribution >= 0.6 is 11.6 Å². The molecule has 0 saturated carbocycles. The zero-order valence-corrected chi connectivity index (χ0v) is 7.38. The van der Waals surface area contributed by atoms with Gasteiger partial charge in [-0.15, -0.1) is 11.6 Å². The van der Waals surface area contributed by atoms with Gasteiger partial charge in [-0.25, -0.2) is 0 Å². The Morgan fingerprint density at radius 3 is 2.36 bits per heavy atom. The molecule has 3 nitrogen and oxygen atoms in total. The summed E-state index contributed by atoms with van der Waals surface area (Å²) < 4.78 is 5.21. The van der Waals surface area contributed by atoms with E-state index in [9.17, 15) is 5.11 Å². The molecule has 1 heterocycles. The average Bonchev–Trinajstić information content (AvgIpc) is 2.14. The van der Waals surface area contributed by atoms with Gasteiger partial charge in [0, 0.05) is 0 Å². The van der Waals surface area contributed by atoms with Crippen LogP contribution in [0.1, 0.15) is 13.8 Å². The number of alkyl halides is 1. The van der Waals surface area contributed by atoms with Gasteiger partial charge in [0.25, 0.3) is 0 Å². The lowest BCUT2D eigenvalue weighted by molar-refractivity contribution is -0.0170. The highest BCUT2D eigenvalue weighted by molar-refractivity contribution is 6.24. The van der Waals surface area contributed by atoms with Gasteiger partial charge in [-0.05, 0) is 13.8 Å². The second-order valence-corrected chi connectivity index (χ2v) is 3.91. The summed E-state index contributed by atoms with van der Waals surface area (Å²) >= 11 is 5.96. The zero-order valence-electron chi connectivity index (χ0n) is 6.62. The van der Waals surface area contributed by atoms with E-state index in [1.807, 2.05) is 0 Å². The Morgan fingerprint density at radius 1 is 1.64 bits per heavy atom. The van der Waals surface area contributed by atoms with E-state index in [-0.39, 0.29) is 12.7 Å². The maximum Gasteiger partial charge on any atom is 0.109 e. The first-order valence-electron chi connectivity index (χ1n) is 3.63. The Morgan fingerprint density at radius 2 is 2.18 bits per heavy atom. The summed E-state index contributed by atoms with van der Waals surface area (Å²) in [5, 5.41) is 18.2. The first kappa shape index (κ1) is 9.26. The molecule has 4 atom stereocenters. The molecular formula is C7H13ClO3. The van der Waals surface area contributed by atoms with Gasteiger partial charge >= 0.3 is 0 Å². The Balaban J connectivity index is 2.71. The van der Waals surface area contributed by atoms with E-state index < -0.39 is 17.1 Å². The molecule has 0 aromatic heterocycles. The third-order valence-electron chi connectivity index (χ3n) is 2.28. The SMILES string of the molecule is C[C@@H]1O[C@H](CO)[C@@H](O)[C@@]1(C)Cl. The van der Waals surface area contributed by atoms with E-state index in [0.717, 1.165) is 0 Å². The van der Waals surface area contributed by atoms with Crippen LogP contribution in [-0.2, 0) is 4.74 Å². The van der Waals surface area contributed by atoms with Gasteiger partial charge in [0.1, 0.15) is 12.2 Å². The van der Waals surface area contributed by atoms with Crippen molar-refractivity contribution in [1.82, 2.24) is 0 Å². The van der Waals surface area contributed by atoms with Crippen molar-refractivity contribution < 1.29 is 14.9 Å². The molecule has 0 radical (unpaired) electrons. The van der Waals surface area contributed by atoms with Crippen molar-refractivity contribution >= 4 is 11.6 Å². The molecule has 4 heteroatoms. The molecule has 0 amide bonds. The van der Waals surface area contributed by atoms with Crippen LogP contribution in [0.25, 0.3) is 0 Å². The van der Waals surface area contributed by atoms with Crippen LogP contribution in [0.3, 0.4) is 0 Å². The number of hydrogen-bond acceptors (Lipinski definition) is 3. The summed E-state index contributed by atoms with van der Waals surface area (Å²) in [6, 6.07) is 0. The number of aliphatic hydroxyl groups excluding tert-OH is 2. The average molecular weight is 181 g/mol. The van der Waals surface area contributed by atoms with E-state index >= 15 is 0 Å². The monoisotopic (exact) mass is 180 g/mol. The fourth-order valence-electron chi connectivity index (χ4n) is 1.22. The number of ether oxygens (including phenoxy) is 1. The summed E-state index contributed by atoms with van der Waals surface area (Å²) in [7, 11) is 0. The van der Waals surface area contributed by atoms with Gasteiger partial charge < -0.3 is 14.9 Å². The van der Waals surface area contributed by atoms with E-state index in [1.54, 1.807) is 13.8 Å². The highest BCUT2D eigenvalue weighted by Gasteiger charge is 2.49. The van der Waals surface area contributed by atoms with Crippen LogP contribution in [0.2, 0.25) is 0 Å². The first-order chi connectivity index (χ1) is 5.00. The molecule has 66 valence electrons. The van der Waals surface area contributed by atoms with Crippen LogP contribution in [0.4, 0.5) is 0 Å². The molecule has 1 saturated heterocycles. The summed E-state index contributed by atoms with van der Waals surface area (Å²) in [6.45, 7) is 3.30. The summed E-state index contributed by atoms with van der Waals surface area (Å²) in [5.74, 6) is 0. The van der Waals surface area contributed by atoms with Gasteiger partial charge in [-0.1, -0.05) is 0 Å². The van der Waals surface area contributed by atoms with Crippen molar-refractivity contribution in [2.45, 2.75) is 37.0 Å². The standard InChI is InChI=1S/C7H13ClO3/c1-4-7(2,8)6(10)5(3-9)11-4/h4-6,9-10H,3H2,1-2H3/t4-,5+,6+,7-/m0/s1. The smallest absolute Gasteiger partial charge is 0.109 e. The molecule has 0 aromatic rings. The molecule has 1 aliphatic rings. The van der Waals surface area contributed by atoms with Gasteiger partial charge in [0.2, 0.25) is 0 Å². The van der Waals surface area contributed by atoms with E-state index in [4.69, 9.17) is 21.4 Å². The summed E-state index contributed by atoms with van der Waals surface area (Å²) in [5.41, 5.74) is 0. The highest BCUT2D eigenvalue weighted by atomic mass is 35.5. The van der Waals surface area contributed by atoms with Crippen LogP contribution in [0, 0.1) is 0 Å². The Hall–Kier alpha value is 0.170. The van der Waals surface area contributed by atoms with Crippen LogP contribution < -0.4 is 0 Å². The van der Waals surface area contributed by atoms with E-state index in [0.29, 0.717) is 0 Å². The van der Waals surface area contributed by atoms with Gasteiger partial charge in [-0.3, -0.25) is 0 Å². The second kappa shape index (κ2) is 2.90. The largest absolute Gasteiger partial charge is 0.394 e. The molecule has 0 aliphatic carbocycles. The minimum atomic E-state index is -0.788. The lowest BCUT2D eigenvalue weighted by atomic mass is 9.99. The molecule has 0 aromatic carbocycles. The lowest BCUT2D eigenvalue weighted by Gasteiger charge is -2.22. The predicted molar refractivity (Wildman–Crippen MR) is 41.7 cm³/mol. The second-order valence-electron chi connectivity index (χ2n) is 3.10. The number of rotatable bonds is 1. The maximum absolute atomic E-state index is 9.47. The molecule has 1 rings (SSSR count). The van der Waals surface area contributed by atoms with Crippen LogP contribution in [0.5, 0.6) is 0 Å². The van der Waals surface area contributed by atoms with Crippen molar-refractivity contribution in [3.8, 4) is 0 Å². The molecular weight excluding hydrogens is 168 g/mol. The number of hydrogen-bond donors (Lipinski definition) is 2. The molecule has 1 fully saturated rings. The third-order valence-corrected chi connectivity index (χ3v) is 2.82. The molecule has 2 N–H and O–H groups in total.